The molecule has 0 N–H and O–H groups in total. The number of hydrogen-bond acceptors (Lipinski definition) is 0. The second-order valence-electron chi connectivity index (χ2n) is 4.95. The van der Waals surface area contributed by atoms with Gasteiger partial charge in [0, 0.05) is 0 Å². The molecule has 0 aromatic carbocycles. The summed E-state index contributed by atoms with van der Waals surface area (Å²) in [7, 11) is 0. The number of rotatable bonds is 3. The quantitative estimate of drug-likeness (QED) is 0.591. The highest BCUT2D eigenvalue weighted by atomic mass is 14.4. The first kappa shape index (κ1) is 10.1. The van der Waals surface area contributed by atoms with Gasteiger partial charge < -0.3 is 0 Å². The Morgan fingerprint density at radius 2 is 1.83 bits per heavy atom. The highest BCUT2D eigenvalue weighted by Crippen LogP contribution is 2.48. The van der Waals surface area contributed by atoms with Gasteiger partial charge in [0.15, 0.2) is 0 Å². The SMILES string of the molecule is CCC1(CC)CCC(C(C)C)C1. The third-order valence-corrected chi connectivity index (χ3v) is 4.18. The summed E-state index contributed by atoms with van der Waals surface area (Å²) in [6.45, 7) is 9.50. The van der Waals surface area contributed by atoms with Gasteiger partial charge in [-0.25, -0.2) is 0 Å². The molecule has 1 atom stereocenters. The Morgan fingerprint density at radius 3 is 2.08 bits per heavy atom. The van der Waals surface area contributed by atoms with Crippen LogP contribution in [0.4, 0.5) is 0 Å². The molecule has 0 amide bonds. The van der Waals surface area contributed by atoms with Gasteiger partial charge in [-0.3, -0.25) is 0 Å². The Bertz CT molecular complexity index is 131. The zero-order valence-electron chi connectivity index (χ0n) is 9.19. The maximum atomic E-state index is 2.38. The van der Waals surface area contributed by atoms with E-state index in [-0.39, 0.29) is 0 Å². The van der Waals surface area contributed by atoms with E-state index in [0.29, 0.717) is 0 Å². The van der Waals surface area contributed by atoms with Gasteiger partial charge in [0.25, 0.3) is 0 Å². The summed E-state index contributed by atoms with van der Waals surface area (Å²) in [6, 6.07) is 0. The predicted octanol–water partition coefficient (Wildman–Crippen LogP) is 4.25. The molecule has 1 rings (SSSR count). The zero-order chi connectivity index (χ0) is 9.19. The van der Waals surface area contributed by atoms with Crippen molar-refractivity contribution < 1.29 is 0 Å². The zero-order valence-corrected chi connectivity index (χ0v) is 9.19. The molecule has 0 heterocycles. The molecule has 0 bridgehead atoms. The van der Waals surface area contributed by atoms with Crippen LogP contribution < -0.4 is 0 Å². The minimum Gasteiger partial charge on any atom is -0.0649 e. The highest BCUT2D eigenvalue weighted by Gasteiger charge is 2.36. The van der Waals surface area contributed by atoms with E-state index < -0.39 is 0 Å². The molecule has 0 spiro atoms. The molecule has 0 heteroatoms. The van der Waals surface area contributed by atoms with Crippen molar-refractivity contribution in [2.24, 2.45) is 17.3 Å². The van der Waals surface area contributed by atoms with E-state index in [1.165, 1.54) is 32.1 Å². The second kappa shape index (κ2) is 3.81. The lowest BCUT2D eigenvalue weighted by Crippen LogP contribution is -2.15. The van der Waals surface area contributed by atoms with E-state index in [4.69, 9.17) is 0 Å². The first-order valence-corrected chi connectivity index (χ1v) is 5.63. The molecule has 0 aromatic rings. The molecule has 1 unspecified atom stereocenters. The topological polar surface area (TPSA) is 0 Å². The average molecular weight is 168 g/mol. The average Bonchev–Trinajstić information content (AvgIpc) is 2.49. The summed E-state index contributed by atoms with van der Waals surface area (Å²) >= 11 is 0. The van der Waals surface area contributed by atoms with Crippen molar-refractivity contribution in [3.8, 4) is 0 Å². The van der Waals surface area contributed by atoms with Gasteiger partial charge >= 0.3 is 0 Å². The van der Waals surface area contributed by atoms with Gasteiger partial charge in [-0.1, -0.05) is 40.5 Å². The van der Waals surface area contributed by atoms with Crippen molar-refractivity contribution in [1.29, 1.82) is 0 Å². The first-order valence-electron chi connectivity index (χ1n) is 5.63. The van der Waals surface area contributed by atoms with Gasteiger partial charge in [0.2, 0.25) is 0 Å². The molecular weight excluding hydrogens is 144 g/mol. The normalized spacial score (nSPS) is 28.2. The third-order valence-electron chi connectivity index (χ3n) is 4.18. The van der Waals surface area contributed by atoms with Crippen LogP contribution in [0.2, 0.25) is 0 Å². The van der Waals surface area contributed by atoms with Crippen LogP contribution >= 0.6 is 0 Å². The Hall–Kier alpha value is 0. The molecule has 0 radical (unpaired) electrons. The van der Waals surface area contributed by atoms with E-state index in [0.717, 1.165) is 17.3 Å². The summed E-state index contributed by atoms with van der Waals surface area (Å²) in [5.74, 6) is 1.93. The summed E-state index contributed by atoms with van der Waals surface area (Å²) in [5.41, 5.74) is 0.731. The summed E-state index contributed by atoms with van der Waals surface area (Å²) < 4.78 is 0. The highest BCUT2D eigenvalue weighted by molar-refractivity contribution is 4.88. The second-order valence-corrected chi connectivity index (χ2v) is 4.95. The third kappa shape index (κ3) is 1.84. The Kier molecular flexibility index (Phi) is 3.20. The maximum Gasteiger partial charge on any atom is -0.0300 e. The molecule has 1 saturated carbocycles. The van der Waals surface area contributed by atoms with E-state index >= 15 is 0 Å². The Balaban J connectivity index is 2.52. The summed E-state index contributed by atoms with van der Waals surface area (Å²) in [5, 5.41) is 0. The van der Waals surface area contributed by atoms with Gasteiger partial charge in [0.1, 0.15) is 0 Å². The van der Waals surface area contributed by atoms with Crippen molar-refractivity contribution in [3.63, 3.8) is 0 Å². The lowest BCUT2D eigenvalue weighted by Gasteiger charge is -2.26. The van der Waals surface area contributed by atoms with Gasteiger partial charge in [-0.2, -0.15) is 0 Å². The molecule has 0 saturated heterocycles. The molecule has 0 aromatic heterocycles. The standard InChI is InChI=1S/C12H24/c1-5-12(6-2)8-7-11(9-12)10(3)4/h10-11H,5-9H2,1-4H3. The Labute approximate surface area is 77.7 Å². The van der Waals surface area contributed by atoms with Crippen molar-refractivity contribution in [1.82, 2.24) is 0 Å². The van der Waals surface area contributed by atoms with Crippen LogP contribution in [-0.2, 0) is 0 Å². The lowest BCUT2D eigenvalue weighted by atomic mass is 9.79. The van der Waals surface area contributed by atoms with Crippen LogP contribution in [0.3, 0.4) is 0 Å². The molecule has 0 nitrogen and oxygen atoms in total. The first-order chi connectivity index (χ1) is 5.63. The van der Waals surface area contributed by atoms with Crippen LogP contribution in [-0.4, -0.2) is 0 Å². The van der Waals surface area contributed by atoms with E-state index in [2.05, 4.69) is 27.7 Å². The van der Waals surface area contributed by atoms with Crippen molar-refractivity contribution in [2.45, 2.75) is 59.8 Å². The van der Waals surface area contributed by atoms with Crippen LogP contribution in [0.1, 0.15) is 59.8 Å². The van der Waals surface area contributed by atoms with Crippen LogP contribution in [0, 0.1) is 17.3 Å². The van der Waals surface area contributed by atoms with E-state index in [9.17, 15) is 0 Å². The van der Waals surface area contributed by atoms with Crippen molar-refractivity contribution in [2.75, 3.05) is 0 Å². The lowest BCUT2D eigenvalue weighted by molar-refractivity contribution is 0.246. The largest absolute Gasteiger partial charge is 0.0649 e. The minimum absolute atomic E-state index is 0.731. The maximum absolute atomic E-state index is 2.38. The molecule has 72 valence electrons. The smallest absolute Gasteiger partial charge is 0.0300 e. The fourth-order valence-corrected chi connectivity index (χ4v) is 2.71. The fraction of sp³-hybridized carbons (Fsp3) is 1.00. The van der Waals surface area contributed by atoms with E-state index in [1.807, 2.05) is 0 Å². The van der Waals surface area contributed by atoms with Gasteiger partial charge in [-0.15, -0.1) is 0 Å². The van der Waals surface area contributed by atoms with Gasteiger partial charge in [-0.05, 0) is 36.5 Å². The molecule has 1 fully saturated rings. The minimum atomic E-state index is 0.731. The monoisotopic (exact) mass is 168 g/mol. The van der Waals surface area contributed by atoms with Gasteiger partial charge in [0.05, 0.1) is 0 Å². The fourth-order valence-electron chi connectivity index (χ4n) is 2.71. The van der Waals surface area contributed by atoms with Crippen LogP contribution in [0.15, 0.2) is 0 Å². The Morgan fingerprint density at radius 1 is 1.25 bits per heavy atom. The van der Waals surface area contributed by atoms with Crippen LogP contribution in [0.5, 0.6) is 0 Å². The molecule has 1 aliphatic rings. The summed E-state index contributed by atoms with van der Waals surface area (Å²) in [4.78, 5) is 0. The molecule has 1 aliphatic carbocycles. The molecular formula is C12H24. The van der Waals surface area contributed by atoms with E-state index in [1.54, 1.807) is 0 Å². The predicted molar refractivity (Wildman–Crippen MR) is 55.2 cm³/mol. The number of hydrogen-bond donors (Lipinski definition) is 0. The molecule has 0 aliphatic heterocycles. The summed E-state index contributed by atoms with van der Waals surface area (Å²) in [6.07, 6.45) is 7.26. The van der Waals surface area contributed by atoms with Crippen molar-refractivity contribution >= 4 is 0 Å². The van der Waals surface area contributed by atoms with Crippen molar-refractivity contribution in [3.05, 3.63) is 0 Å². The van der Waals surface area contributed by atoms with Crippen LogP contribution in [0.25, 0.3) is 0 Å². The molecule has 12 heavy (non-hydrogen) atoms.